The molecule has 0 atom stereocenters. The predicted octanol–water partition coefficient (Wildman–Crippen LogP) is 3.86. The maximum absolute atomic E-state index is 12.9. The Kier molecular flexibility index (Phi) is 3.15. The Morgan fingerprint density at radius 3 is 2.16 bits per heavy atom. The van der Waals surface area contributed by atoms with Crippen LogP contribution in [0.4, 0.5) is 11.4 Å². The van der Waals surface area contributed by atoms with E-state index in [1.54, 1.807) is 30.3 Å². The molecule has 0 saturated heterocycles. The van der Waals surface area contributed by atoms with Crippen molar-refractivity contribution in [2.75, 3.05) is 4.90 Å². The number of hydrogen-bond acceptors (Lipinski definition) is 4. The van der Waals surface area contributed by atoms with Crippen LogP contribution in [0.1, 0.15) is 26.3 Å². The molecule has 1 heterocycles. The molecule has 122 valence electrons. The average molecular weight is 332 g/mol. The fraction of sp³-hybridized carbons (Fsp3) is 0.0526. The highest BCUT2D eigenvalue weighted by Crippen LogP contribution is 2.36. The highest BCUT2D eigenvalue weighted by molar-refractivity contribution is 6.36. The molecule has 0 unspecified atom stereocenters. The average Bonchev–Trinajstić information content (AvgIpc) is 2.60. The Hall–Kier alpha value is -3.54. The summed E-state index contributed by atoms with van der Waals surface area (Å²) in [6.45, 7) is 1.92. The number of amides is 2. The number of imide groups is 1. The summed E-state index contributed by atoms with van der Waals surface area (Å²) in [5.41, 5.74) is 1.94. The number of aryl methyl sites for hydroxylation is 1. The van der Waals surface area contributed by atoms with Gasteiger partial charge in [-0.05, 0) is 37.3 Å². The number of rotatable bonds is 2. The Bertz CT molecular complexity index is 1050. The summed E-state index contributed by atoms with van der Waals surface area (Å²) < 4.78 is 0. The van der Waals surface area contributed by atoms with Gasteiger partial charge in [-0.1, -0.05) is 23.8 Å². The lowest BCUT2D eigenvalue weighted by atomic mass is 9.92. The number of hydrogen-bond donors (Lipinski definition) is 0. The highest BCUT2D eigenvalue weighted by atomic mass is 16.6. The van der Waals surface area contributed by atoms with Crippen LogP contribution in [-0.2, 0) is 0 Å². The number of benzene rings is 3. The van der Waals surface area contributed by atoms with E-state index in [-0.39, 0.29) is 16.8 Å². The van der Waals surface area contributed by atoms with Gasteiger partial charge in [0.15, 0.2) is 0 Å². The third-order valence-electron chi connectivity index (χ3n) is 4.37. The summed E-state index contributed by atoms with van der Waals surface area (Å²) in [7, 11) is 0. The first-order valence-corrected chi connectivity index (χ1v) is 7.64. The monoisotopic (exact) mass is 332 g/mol. The van der Waals surface area contributed by atoms with Crippen molar-refractivity contribution in [1.29, 1.82) is 0 Å². The van der Waals surface area contributed by atoms with Crippen LogP contribution in [-0.4, -0.2) is 16.7 Å². The molecule has 0 N–H and O–H groups in total. The molecule has 1 aliphatic rings. The summed E-state index contributed by atoms with van der Waals surface area (Å²) >= 11 is 0. The third kappa shape index (κ3) is 2.11. The van der Waals surface area contributed by atoms with Crippen molar-refractivity contribution in [3.8, 4) is 0 Å². The molecular formula is C19H12N2O4. The van der Waals surface area contributed by atoms with Gasteiger partial charge in [0.2, 0.25) is 0 Å². The van der Waals surface area contributed by atoms with E-state index in [0.717, 1.165) is 10.5 Å². The molecule has 3 aromatic rings. The van der Waals surface area contributed by atoms with Crippen LogP contribution in [0, 0.1) is 17.0 Å². The van der Waals surface area contributed by atoms with Crippen molar-refractivity contribution in [1.82, 2.24) is 0 Å². The van der Waals surface area contributed by atoms with Crippen LogP contribution in [0.5, 0.6) is 0 Å². The molecule has 0 radical (unpaired) electrons. The van der Waals surface area contributed by atoms with Gasteiger partial charge in [0.25, 0.3) is 17.5 Å². The van der Waals surface area contributed by atoms with E-state index in [2.05, 4.69) is 0 Å². The summed E-state index contributed by atoms with van der Waals surface area (Å²) in [5.74, 6) is -0.958. The number of nitro benzene ring substituents is 1. The molecule has 2 amide bonds. The molecular weight excluding hydrogens is 320 g/mol. The maximum atomic E-state index is 12.9. The van der Waals surface area contributed by atoms with E-state index < -0.39 is 16.7 Å². The lowest BCUT2D eigenvalue weighted by molar-refractivity contribution is -0.383. The standard InChI is InChI=1S/C19H12N2O4/c1-11-5-7-12(8-6-11)20-18(22)14-4-2-3-13-16(21(24)25)10-9-15(17(13)14)19(20)23/h2-10H,1H3. The van der Waals surface area contributed by atoms with E-state index in [9.17, 15) is 19.7 Å². The molecule has 0 bridgehead atoms. The molecule has 4 rings (SSSR count). The van der Waals surface area contributed by atoms with Crippen molar-refractivity contribution in [3.63, 3.8) is 0 Å². The largest absolute Gasteiger partial charge is 0.277 e. The second-order valence-corrected chi connectivity index (χ2v) is 5.90. The number of nitrogens with zero attached hydrogens (tertiary/aromatic N) is 2. The Morgan fingerprint density at radius 2 is 1.52 bits per heavy atom. The zero-order chi connectivity index (χ0) is 17.7. The number of carbonyl (C=O) groups is 2. The molecule has 0 aliphatic carbocycles. The summed E-state index contributed by atoms with van der Waals surface area (Å²) in [5, 5.41) is 11.9. The Balaban J connectivity index is 1.99. The van der Waals surface area contributed by atoms with Crippen LogP contribution in [0.3, 0.4) is 0 Å². The molecule has 1 aliphatic heterocycles. The lowest BCUT2D eigenvalue weighted by Crippen LogP contribution is -2.40. The molecule has 25 heavy (non-hydrogen) atoms. The van der Waals surface area contributed by atoms with Crippen molar-refractivity contribution in [2.45, 2.75) is 6.92 Å². The van der Waals surface area contributed by atoms with Crippen molar-refractivity contribution < 1.29 is 14.5 Å². The molecule has 3 aromatic carbocycles. The third-order valence-corrected chi connectivity index (χ3v) is 4.37. The SMILES string of the molecule is Cc1ccc(N2C(=O)c3cccc4c([N+](=O)[O-])ccc(c34)C2=O)cc1. The van der Waals surface area contributed by atoms with Crippen LogP contribution in [0.15, 0.2) is 54.6 Å². The van der Waals surface area contributed by atoms with E-state index in [1.165, 1.54) is 12.1 Å². The number of carbonyl (C=O) groups excluding carboxylic acids is 2. The van der Waals surface area contributed by atoms with Crippen LogP contribution < -0.4 is 4.90 Å². The smallest absolute Gasteiger partial charge is 0.268 e. The van der Waals surface area contributed by atoms with Crippen LogP contribution >= 0.6 is 0 Å². The highest BCUT2D eigenvalue weighted by Gasteiger charge is 2.35. The van der Waals surface area contributed by atoms with Gasteiger partial charge >= 0.3 is 0 Å². The van der Waals surface area contributed by atoms with Crippen molar-refractivity contribution >= 4 is 34.0 Å². The minimum absolute atomic E-state index is 0.120. The Labute approximate surface area is 142 Å². The van der Waals surface area contributed by atoms with E-state index >= 15 is 0 Å². The van der Waals surface area contributed by atoms with Gasteiger partial charge in [-0.25, -0.2) is 4.90 Å². The van der Waals surface area contributed by atoms with Gasteiger partial charge < -0.3 is 0 Å². The quantitative estimate of drug-likeness (QED) is 0.405. The summed E-state index contributed by atoms with van der Waals surface area (Å²) in [6, 6.07) is 14.5. The summed E-state index contributed by atoms with van der Waals surface area (Å²) in [6.07, 6.45) is 0. The molecule has 0 saturated carbocycles. The van der Waals surface area contributed by atoms with Gasteiger partial charge in [0, 0.05) is 22.6 Å². The molecule has 0 aromatic heterocycles. The molecule has 0 spiro atoms. The summed E-state index contributed by atoms with van der Waals surface area (Å²) in [4.78, 5) is 37.7. The fourth-order valence-corrected chi connectivity index (χ4v) is 3.17. The predicted molar refractivity (Wildman–Crippen MR) is 92.9 cm³/mol. The van der Waals surface area contributed by atoms with Gasteiger partial charge in [0.1, 0.15) is 0 Å². The van der Waals surface area contributed by atoms with Crippen LogP contribution in [0.2, 0.25) is 0 Å². The second-order valence-electron chi connectivity index (χ2n) is 5.90. The number of non-ortho nitro benzene ring substituents is 1. The number of anilines is 1. The Morgan fingerprint density at radius 1 is 0.880 bits per heavy atom. The minimum Gasteiger partial charge on any atom is -0.268 e. The van der Waals surface area contributed by atoms with E-state index in [4.69, 9.17) is 0 Å². The first-order chi connectivity index (χ1) is 12.0. The normalized spacial score (nSPS) is 13.4. The van der Waals surface area contributed by atoms with Gasteiger partial charge in [0.05, 0.1) is 16.0 Å². The van der Waals surface area contributed by atoms with Gasteiger partial charge in [-0.3, -0.25) is 19.7 Å². The molecule has 6 heteroatoms. The second kappa shape index (κ2) is 5.24. The van der Waals surface area contributed by atoms with Crippen molar-refractivity contribution in [3.05, 3.63) is 81.4 Å². The lowest BCUT2D eigenvalue weighted by Gasteiger charge is -2.27. The van der Waals surface area contributed by atoms with Gasteiger partial charge in [-0.15, -0.1) is 0 Å². The maximum Gasteiger partial charge on any atom is 0.277 e. The van der Waals surface area contributed by atoms with Crippen LogP contribution in [0.25, 0.3) is 10.8 Å². The van der Waals surface area contributed by atoms with Crippen molar-refractivity contribution in [2.24, 2.45) is 0 Å². The van der Waals surface area contributed by atoms with E-state index in [0.29, 0.717) is 16.5 Å². The zero-order valence-electron chi connectivity index (χ0n) is 13.2. The fourth-order valence-electron chi connectivity index (χ4n) is 3.17. The molecule has 6 nitrogen and oxygen atoms in total. The minimum atomic E-state index is -0.510. The number of nitro groups is 1. The first-order valence-electron chi connectivity index (χ1n) is 7.64. The topological polar surface area (TPSA) is 80.5 Å². The zero-order valence-corrected chi connectivity index (χ0v) is 13.2. The first kappa shape index (κ1) is 15.0. The molecule has 0 fully saturated rings. The van der Waals surface area contributed by atoms with Gasteiger partial charge in [-0.2, -0.15) is 0 Å². The van der Waals surface area contributed by atoms with E-state index in [1.807, 2.05) is 19.1 Å².